The summed E-state index contributed by atoms with van der Waals surface area (Å²) < 4.78 is 0.927. The van der Waals surface area contributed by atoms with Gasteiger partial charge in [-0.15, -0.1) is 0 Å². The zero-order valence-corrected chi connectivity index (χ0v) is 11.5. The van der Waals surface area contributed by atoms with Gasteiger partial charge in [-0.1, -0.05) is 15.9 Å². The van der Waals surface area contributed by atoms with Crippen LogP contribution in [0.25, 0.3) is 0 Å². The highest BCUT2D eigenvalue weighted by atomic mass is 79.9. The molecule has 0 amide bonds. The highest BCUT2D eigenvalue weighted by Crippen LogP contribution is 2.26. The fourth-order valence-electron chi connectivity index (χ4n) is 1.63. The molecule has 0 aromatic heterocycles. The number of rotatable bonds is 2. The fraction of sp³-hybridized carbons (Fsp3) is 0.0714. The van der Waals surface area contributed by atoms with Crippen LogP contribution in [0.15, 0.2) is 40.9 Å². The first-order valence-electron chi connectivity index (χ1n) is 5.43. The van der Waals surface area contributed by atoms with Crippen LogP contribution in [0.4, 0.5) is 17.1 Å². The average Bonchev–Trinajstić information content (AvgIpc) is 2.34. The number of nitrogen functional groups attached to an aromatic ring is 1. The quantitative estimate of drug-likeness (QED) is 0.826. The molecule has 0 spiro atoms. The summed E-state index contributed by atoms with van der Waals surface area (Å²) in [5.74, 6) is 0. The van der Waals surface area contributed by atoms with Crippen LogP contribution >= 0.6 is 15.9 Å². The summed E-state index contributed by atoms with van der Waals surface area (Å²) in [6, 6.07) is 13.4. The maximum atomic E-state index is 9.06. The SMILES string of the molecule is Cc1cc(Nc2cc(Br)ccc2C#N)ccc1N. The fourth-order valence-corrected chi connectivity index (χ4v) is 1.99. The Balaban J connectivity index is 2.36. The van der Waals surface area contributed by atoms with E-state index >= 15 is 0 Å². The third-order valence-corrected chi connectivity index (χ3v) is 3.14. The Kier molecular flexibility index (Phi) is 3.54. The van der Waals surface area contributed by atoms with E-state index in [1.807, 2.05) is 37.3 Å². The van der Waals surface area contributed by atoms with E-state index < -0.39 is 0 Å². The molecule has 3 nitrogen and oxygen atoms in total. The van der Waals surface area contributed by atoms with Gasteiger partial charge in [-0.25, -0.2) is 0 Å². The van der Waals surface area contributed by atoms with Crippen molar-refractivity contribution in [3.63, 3.8) is 0 Å². The predicted octanol–water partition coefficient (Wildman–Crippen LogP) is 3.96. The van der Waals surface area contributed by atoms with Gasteiger partial charge in [0.05, 0.1) is 11.3 Å². The Labute approximate surface area is 114 Å². The molecule has 2 aromatic rings. The van der Waals surface area contributed by atoms with Crippen LogP contribution < -0.4 is 11.1 Å². The smallest absolute Gasteiger partial charge is 0.101 e. The van der Waals surface area contributed by atoms with Crippen LogP contribution in [0.3, 0.4) is 0 Å². The number of aryl methyl sites for hydroxylation is 1. The normalized spacial score (nSPS) is 9.83. The zero-order valence-electron chi connectivity index (χ0n) is 9.87. The molecule has 0 saturated carbocycles. The molecule has 0 aliphatic heterocycles. The van der Waals surface area contributed by atoms with Gasteiger partial charge >= 0.3 is 0 Å². The summed E-state index contributed by atoms with van der Waals surface area (Å²) in [6.45, 7) is 1.95. The van der Waals surface area contributed by atoms with Crippen molar-refractivity contribution in [3.8, 4) is 6.07 Å². The van der Waals surface area contributed by atoms with Gasteiger partial charge in [0.1, 0.15) is 6.07 Å². The molecule has 18 heavy (non-hydrogen) atoms. The van der Waals surface area contributed by atoms with Gasteiger partial charge < -0.3 is 11.1 Å². The molecule has 2 aromatic carbocycles. The summed E-state index contributed by atoms with van der Waals surface area (Å²) in [4.78, 5) is 0. The number of hydrogen-bond donors (Lipinski definition) is 2. The Bertz CT molecular complexity index is 629. The number of nitrogens with one attached hydrogen (secondary N) is 1. The Morgan fingerprint density at radius 2 is 2.00 bits per heavy atom. The molecular formula is C14H12BrN3. The molecule has 4 heteroatoms. The topological polar surface area (TPSA) is 61.8 Å². The van der Waals surface area contributed by atoms with Gasteiger partial charge in [-0.2, -0.15) is 5.26 Å². The monoisotopic (exact) mass is 301 g/mol. The first-order valence-corrected chi connectivity index (χ1v) is 6.22. The van der Waals surface area contributed by atoms with E-state index in [9.17, 15) is 0 Å². The molecule has 0 fully saturated rings. The van der Waals surface area contributed by atoms with Gasteiger partial charge in [0.2, 0.25) is 0 Å². The summed E-state index contributed by atoms with van der Waals surface area (Å²) in [5, 5.41) is 12.3. The van der Waals surface area contributed by atoms with Crippen molar-refractivity contribution < 1.29 is 0 Å². The van der Waals surface area contributed by atoms with E-state index in [-0.39, 0.29) is 0 Å². The first-order chi connectivity index (χ1) is 8.60. The number of benzene rings is 2. The lowest BCUT2D eigenvalue weighted by Crippen LogP contribution is -1.96. The zero-order chi connectivity index (χ0) is 13.1. The molecule has 0 heterocycles. The second-order valence-corrected chi connectivity index (χ2v) is 4.91. The van der Waals surface area contributed by atoms with Crippen molar-refractivity contribution in [1.29, 1.82) is 5.26 Å². The van der Waals surface area contributed by atoms with Gasteiger partial charge in [0, 0.05) is 15.8 Å². The second kappa shape index (κ2) is 5.11. The van der Waals surface area contributed by atoms with Gasteiger partial charge in [-0.05, 0) is 48.9 Å². The predicted molar refractivity (Wildman–Crippen MR) is 77.7 cm³/mol. The van der Waals surface area contributed by atoms with Crippen LogP contribution in [0.1, 0.15) is 11.1 Å². The van der Waals surface area contributed by atoms with E-state index in [0.29, 0.717) is 5.56 Å². The highest BCUT2D eigenvalue weighted by molar-refractivity contribution is 9.10. The number of anilines is 3. The molecule has 0 saturated heterocycles. The van der Waals surface area contributed by atoms with Gasteiger partial charge in [0.15, 0.2) is 0 Å². The van der Waals surface area contributed by atoms with Gasteiger partial charge in [-0.3, -0.25) is 0 Å². The Morgan fingerprint density at radius 3 is 2.67 bits per heavy atom. The highest BCUT2D eigenvalue weighted by Gasteiger charge is 2.04. The standard InChI is InChI=1S/C14H12BrN3/c1-9-6-12(4-5-13(9)17)18-14-7-11(15)3-2-10(14)8-16/h2-7,18H,17H2,1H3. The first kappa shape index (κ1) is 12.5. The minimum atomic E-state index is 0.604. The maximum Gasteiger partial charge on any atom is 0.101 e. The van der Waals surface area contributed by atoms with Crippen LogP contribution in [-0.2, 0) is 0 Å². The largest absolute Gasteiger partial charge is 0.399 e. The second-order valence-electron chi connectivity index (χ2n) is 4.00. The number of nitrogens with zero attached hydrogens (tertiary/aromatic N) is 1. The van der Waals surface area contributed by atoms with Crippen LogP contribution in [-0.4, -0.2) is 0 Å². The average molecular weight is 302 g/mol. The van der Waals surface area contributed by atoms with Crippen molar-refractivity contribution in [2.24, 2.45) is 0 Å². The molecule has 0 atom stereocenters. The molecule has 2 rings (SSSR count). The number of nitrogens with two attached hydrogens (primary N) is 1. The lowest BCUT2D eigenvalue weighted by atomic mass is 10.1. The minimum absolute atomic E-state index is 0.604. The summed E-state index contributed by atoms with van der Waals surface area (Å²) >= 11 is 3.40. The lowest BCUT2D eigenvalue weighted by molar-refractivity contribution is 1.43. The molecular weight excluding hydrogens is 290 g/mol. The molecule has 3 N–H and O–H groups in total. The molecule has 0 bridgehead atoms. The summed E-state index contributed by atoms with van der Waals surface area (Å²) in [7, 11) is 0. The number of hydrogen-bond acceptors (Lipinski definition) is 3. The summed E-state index contributed by atoms with van der Waals surface area (Å²) in [6.07, 6.45) is 0. The van der Waals surface area contributed by atoms with Crippen molar-refractivity contribution >= 4 is 33.0 Å². The van der Waals surface area contributed by atoms with E-state index in [0.717, 1.165) is 27.1 Å². The molecule has 0 aliphatic carbocycles. The van der Waals surface area contributed by atoms with E-state index in [2.05, 4.69) is 27.3 Å². The molecule has 90 valence electrons. The molecule has 0 unspecified atom stereocenters. The maximum absolute atomic E-state index is 9.06. The van der Waals surface area contributed by atoms with Crippen LogP contribution in [0, 0.1) is 18.3 Å². The summed E-state index contributed by atoms with van der Waals surface area (Å²) in [5.41, 5.74) is 9.83. The number of halogens is 1. The van der Waals surface area contributed by atoms with Gasteiger partial charge in [0.25, 0.3) is 0 Å². The molecule has 0 aliphatic rings. The third-order valence-electron chi connectivity index (χ3n) is 2.65. The van der Waals surface area contributed by atoms with E-state index in [1.165, 1.54) is 0 Å². The Morgan fingerprint density at radius 1 is 1.22 bits per heavy atom. The Hall–Kier alpha value is -1.99. The van der Waals surface area contributed by atoms with Crippen molar-refractivity contribution in [2.75, 3.05) is 11.1 Å². The van der Waals surface area contributed by atoms with Crippen molar-refractivity contribution in [2.45, 2.75) is 6.92 Å². The number of nitriles is 1. The van der Waals surface area contributed by atoms with E-state index in [4.69, 9.17) is 11.0 Å². The van der Waals surface area contributed by atoms with Crippen LogP contribution in [0.5, 0.6) is 0 Å². The minimum Gasteiger partial charge on any atom is -0.399 e. The van der Waals surface area contributed by atoms with E-state index in [1.54, 1.807) is 6.07 Å². The lowest BCUT2D eigenvalue weighted by Gasteiger charge is -2.10. The molecule has 0 radical (unpaired) electrons. The van der Waals surface area contributed by atoms with Crippen molar-refractivity contribution in [1.82, 2.24) is 0 Å². The third kappa shape index (κ3) is 2.63. The van der Waals surface area contributed by atoms with Crippen molar-refractivity contribution in [3.05, 3.63) is 52.0 Å². The van der Waals surface area contributed by atoms with Crippen LogP contribution in [0.2, 0.25) is 0 Å².